The molecule has 1 atom stereocenters. The van der Waals surface area contributed by atoms with Gasteiger partial charge in [-0.2, -0.15) is 0 Å². The van der Waals surface area contributed by atoms with Gasteiger partial charge in [-0.1, -0.05) is 23.8 Å². The number of benzene rings is 1. The predicted octanol–water partition coefficient (Wildman–Crippen LogP) is 1.32. The Kier molecular flexibility index (Phi) is 3.55. The van der Waals surface area contributed by atoms with E-state index in [1.807, 2.05) is 24.3 Å². The maximum absolute atomic E-state index is 12.2. The van der Waals surface area contributed by atoms with Crippen molar-refractivity contribution in [1.82, 2.24) is 20.3 Å². The Morgan fingerprint density at radius 3 is 3.05 bits per heavy atom. The van der Waals surface area contributed by atoms with Gasteiger partial charge in [0.1, 0.15) is 5.52 Å². The summed E-state index contributed by atoms with van der Waals surface area (Å²) in [5.74, 6) is 0. The van der Waals surface area contributed by atoms with Crippen LogP contribution in [-0.2, 0) is 6.54 Å². The van der Waals surface area contributed by atoms with Crippen molar-refractivity contribution in [2.75, 3.05) is 6.54 Å². The largest absolute Gasteiger partial charge is 0.314 e. The van der Waals surface area contributed by atoms with Crippen LogP contribution in [0.2, 0.25) is 0 Å². The van der Waals surface area contributed by atoms with Crippen LogP contribution in [0.1, 0.15) is 25.7 Å². The highest BCUT2D eigenvalue weighted by Crippen LogP contribution is 2.10. The van der Waals surface area contributed by atoms with E-state index in [1.54, 1.807) is 0 Å². The van der Waals surface area contributed by atoms with Crippen LogP contribution in [0.25, 0.3) is 10.9 Å². The maximum atomic E-state index is 12.2. The van der Waals surface area contributed by atoms with E-state index in [0.717, 1.165) is 13.0 Å². The van der Waals surface area contributed by atoms with E-state index >= 15 is 0 Å². The molecule has 1 unspecified atom stereocenters. The first-order valence-electron chi connectivity index (χ1n) is 6.90. The van der Waals surface area contributed by atoms with Crippen molar-refractivity contribution in [2.24, 2.45) is 0 Å². The van der Waals surface area contributed by atoms with E-state index in [0.29, 0.717) is 23.5 Å². The topological polar surface area (TPSA) is 59.8 Å². The summed E-state index contributed by atoms with van der Waals surface area (Å²) in [5, 5.41) is 12.2. The molecule has 1 aromatic heterocycles. The SMILES string of the molecule is O=c1c2ccccc2nnn1CCC1CCCCN1. The fourth-order valence-corrected chi connectivity index (χ4v) is 2.62. The molecule has 5 heteroatoms. The zero-order valence-corrected chi connectivity index (χ0v) is 10.9. The summed E-state index contributed by atoms with van der Waals surface area (Å²) < 4.78 is 1.48. The number of rotatable bonds is 3. The fraction of sp³-hybridized carbons (Fsp3) is 0.500. The summed E-state index contributed by atoms with van der Waals surface area (Å²) in [7, 11) is 0. The number of nitrogens with zero attached hydrogens (tertiary/aromatic N) is 3. The number of hydrogen-bond donors (Lipinski definition) is 1. The summed E-state index contributed by atoms with van der Waals surface area (Å²) in [5.41, 5.74) is 0.626. The molecule has 0 radical (unpaired) electrons. The van der Waals surface area contributed by atoms with Crippen LogP contribution >= 0.6 is 0 Å². The minimum Gasteiger partial charge on any atom is -0.314 e. The van der Waals surface area contributed by atoms with Gasteiger partial charge in [0.05, 0.1) is 5.39 Å². The molecule has 5 nitrogen and oxygen atoms in total. The van der Waals surface area contributed by atoms with Crippen LogP contribution in [0.4, 0.5) is 0 Å². The Hall–Kier alpha value is -1.75. The number of aryl methyl sites for hydroxylation is 1. The molecule has 1 aromatic carbocycles. The van der Waals surface area contributed by atoms with E-state index in [9.17, 15) is 4.79 Å². The number of fused-ring (bicyclic) bond motifs is 1. The van der Waals surface area contributed by atoms with Gasteiger partial charge in [-0.15, -0.1) is 5.10 Å². The molecule has 1 aliphatic heterocycles. The van der Waals surface area contributed by atoms with Gasteiger partial charge in [0.25, 0.3) is 5.56 Å². The molecule has 0 amide bonds. The maximum Gasteiger partial charge on any atom is 0.277 e. The van der Waals surface area contributed by atoms with Crippen LogP contribution in [0.15, 0.2) is 29.1 Å². The number of nitrogens with one attached hydrogen (secondary N) is 1. The Morgan fingerprint density at radius 1 is 1.32 bits per heavy atom. The third kappa shape index (κ3) is 2.66. The Bertz CT molecular complexity index is 616. The van der Waals surface area contributed by atoms with Gasteiger partial charge in [0.2, 0.25) is 0 Å². The molecular weight excluding hydrogens is 240 g/mol. The first-order valence-corrected chi connectivity index (χ1v) is 6.90. The first kappa shape index (κ1) is 12.3. The van der Waals surface area contributed by atoms with Gasteiger partial charge in [-0.25, -0.2) is 4.68 Å². The van der Waals surface area contributed by atoms with E-state index in [1.165, 1.54) is 23.9 Å². The van der Waals surface area contributed by atoms with Gasteiger partial charge in [-0.05, 0) is 37.9 Å². The average Bonchev–Trinajstić information content (AvgIpc) is 2.48. The highest BCUT2D eigenvalue weighted by atomic mass is 16.1. The molecule has 0 spiro atoms. The van der Waals surface area contributed by atoms with Crippen molar-refractivity contribution in [1.29, 1.82) is 0 Å². The summed E-state index contributed by atoms with van der Waals surface area (Å²) in [6, 6.07) is 7.86. The fourth-order valence-electron chi connectivity index (χ4n) is 2.62. The average molecular weight is 258 g/mol. The van der Waals surface area contributed by atoms with Crippen molar-refractivity contribution in [3.63, 3.8) is 0 Å². The monoisotopic (exact) mass is 258 g/mol. The van der Waals surface area contributed by atoms with Gasteiger partial charge < -0.3 is 5.32 Å². The molecule has 1 N–H and O–H groups in total. The highest BCUT2D eigenvalue weighted by Gasteiger charge is 2.13. The third-order valence-corrected chi connectivity index (χ3v) is 3.73. The van der Waals surface area contributed by atoms with Crippen LogP contribution in [0, 0.1) is 0 Å². The zero-order valence-electron chi connectivity index (χ0n) is 10.9. The van der Waals surface area contributed by atoms with E-state index < -0.39 is 0 Å². The number of hydrogen-bond acceptors (Lipinski definition) is 4. The zero-order chi connectivity index (χ0) is 13.1. The summed E-state index contributed by atoms with van der Waals surface area (Å²) in [4.78, 5) is 12.2. The third-order valence-electron chi connectivity index (χ3n) is 3.73. The molecule has 0 saturated carbocycles. The second-order valence-corrected chi connectivity index (χ2v) is 5.07. The van der Waals surface area contributed by atoms with Gasteiger partial charge in [0, 0.05) is 12.6 Å². The second kappa shape index (κ2) is 5.48. The van der Waals surface area contributed by atoms with Crippen molar-refractivity contribution in [2.45, 2.75) is 38.3 Å². The van der Waals surface area contributed by atoms with Crippen LogP contribution < -0.4 is 10.9 Å². The molecule has 0 bridgehead atoms. The van der Waals surface area contributed by atoms with Crippen LogP contribution in [0.5, 0.6) is 0 Å². The molecule has 3 rings (SSSR count). The van der Waals surface area contributed by atoms with Crippen molar-refractivity contribution in [3.8, 4) is 0 Å². The summed E-state index contributed by atoms with van der Waals surface area (Å²) in [6.45, 7) is 1.72. The summed E-state index contributed by atoms with van der Waals surface area (Å²) >= 11 is 0. The van der Waals surface area contributed by atoms with Gasteiger partial charge in [-0.3, -0.25) is 4.79 Å². The smallest absolute Gasteiger partial charge is 0.277 e. The standard InChI is InChI=1S/C14H18N4O/c19-14-12-6-1-2-7-13(12)16-17-18(14)10-8-11-5-3-4-9-15-11/h1-2,6-7,11,15H,3-5,8-10H2. The lowest BCUT2D eigenvalue weighted by Crippen LogP contribution is -2.36. The van der Waals surface area contributed by atoms with E-state index in [2.05, 4.69) is 15.6 Å². The van der Waals surface area contributed by atoms with Gasteiger partial charge >= 0.3 is 0 Å². The molecule has 100 valence electrons. The Balaban J connectivity index is 1.77. The van der Waals surface area contributed by atoms with Crippen molar-refractivity contribution >= 4 is 10.9 Å². The molecule has 1 fully saturated rings. The van der Waals surface area contributed by atoms with Gasteiger partial charge in [0.15, 0.2) is 0 Å². The quantitative estimate of drug-likeness (QED) is 0.902. The first-order chi connectivity index (χ1) is 9.34. The summed E-state index contributed by atoms with van der Waals surface area (Å²) in [6.07, 6.45) is 4.66. The molecule has 1 aliphatic rings. The lowest BCUT2D eigenvalue weighted by Gasteiger charge is -2.23. The predicted molar refractivity (Wildman–Crippen MR) is 74.1 cm³/mol. The second-order valence-electron chi connectivity index (χ2n) is 5.07. The van der Waals surface area contributed by atoms with E-state index in [-0.39, 0.29) is 5.56 Å². The Morgan fingerprint density at radius 2 is 2.21 bits per heavy atom. The normalized spacial score (nSPS) is 19.7. The lowest BCUT2D eigenvalue weighted by atomic mass is 10.0. The van der Waals surface area contributed by atoms with Crippen molar-refractivity contribution < 1.29 is 0 Å². The Labute approximate surface area is 111 Å². The minimum absolute atomic E-state index is 0.0404. The van der Waals surface area contributed by atoms with Crippen LogP contribution in [-0.4, -0.2) is 27.6 Å². The molecular formula is C14H18N4O. The lowest BCUT2D eigenvalue weighted by molar-refractivity contribution is 0.354. The molecule has 2 heterocycles. The number of piperidine rings is 1. The van der Waals surface area contributed by atoms with Crippen LogP contribution in [0.3, 0.4) is 0 Å². The molecule has 19 heavy (non-hydrogen) atoms. The van der Waals surface area contributed by atoms with E-state index in [4.69, 9.17) is 0 Å². The molecule has 2 aromatic rings. The van der Waals surface area contributed by atoms with Crippen molar-refractivity contribution in [3.05, 3.63) is 34.6 Å². The molecule has 1 saturated heterocycles. The molecule has 0 aliphatic carbocycles. The highest BCUT2D eigenvalue weighted by molar-refractivity contribution is 5.76. The number of aromatic nitrogens is 3. The minimum atomic E-state index is -0.0404.